The standard InChI is InChI=1S/C14H22ClFN2.ClH/c1-10(18(4)9-14(2,3)8-17)11-5-6-13(16)12(15)7-11;/h5-7,10H,8-9,17H2,1-4H3;1H. The summed E-state index contributed by atoms with van der Waals surface area (Å²) in [5, 5.41) is 0.172. The number of halogens is 3. The van der Waals surface area contributed by atoms with Gasteiger partial charge in [-0.25, -0.2) is 4.39 Å². The maximum atomic E-state index is 13.1. The highest BCUT2D eigenvalue weighted by molar-refractivity contribution is 6.30. The van der Waals surface area contributed by atoms with Gasteiger partial charge in [-0.15, -0.1) is 12.4 Å². The molecule has 0 saturated heterocycles. The van der Waals surface area contributed by atoms with Crippen molar-refractivity contribution in [1.82, 2.24) is 4.90 Å². The zero-order valence-corrected chi connectivity index (χ0v) is 13.5. The first-order valence-corrected chi connectivity index (χ1v) is 6.50. The van der Waals surface area contributed by atoms with Crippen molar-refractivity contribution in [2.75, 3.05) is 20.1 Å². The Kier molecular flexibility index (Phi) is 7.30. The van der Waals surface area contributed by atoms with Gasteiger partial charge in [-0.05, 0) is 43.6 Å². The molecular weight excluding hydrogens is 286 g/mol. The summed E-state index contributed by atoms with van der Waals surface area (Å²) in [6.07, 6.45) is 0. The second-order valence-corrected chi connectivity index (χ2v) is 6.04. The van der Waals surface area contributed by atoms with Crippen molar-refractivity contribution in [1.29, 1.82) is 0 Å². The summed E-state index contributed by atoms with van der Waals surface area (Å²) in [5.74, 6) is -0.377. The van der Waals surface area contributed by atoms with E-state index in [-0.39, 0.29) is 34.7 Å². The van der Waals surface area contributed by atoms with E-state index in [1.807, 2.05) is 7.05 Å². The van der Waals surface area contributed by atoms with Gasteiger partial charge >= 0.3 is 0 Å². The van der Waals surface area contributed by atoms with Crippen molar-refractivity contribution < 1.29 is 4.39 Å². The van der Waals surface area contributed by atoms with Gasteiger partial charge in [0.15, 0.2) is 0 Å². The van der Waals surface area contributed by atoms with E-state index in [1.54, 1.807) is 12.1 Å². The van der Waals surface area contributed by atoms with Crippen LogP contribution < -0.4 is 5.73 Å². The molecule has 0 aliphatic rings. The molecule has 0 fully saturated rings. The van der Waals surface area contributed by atoms with E-state index < -0.39 is 0 Å². The molecule has 0 saturated carbocycles. The van der Waals surface area contributed by atoms with Crippen LogP contribution in [-0.2, 0) is 0 Å². The fourth-order valence-corrected chi connectivity index (χ4v) is 2.09. The summed E-state index contributed by atoms with van der Waals surface area (Å²) >= 11 is 5.81. The lowest BCUT2D eigenvalue weighted by atomic mass is 9.92. The maximum absolute atomic E-state index is 13.1. The first-order chi connectivity index (χ1) is 8.26. The lowest BCUT2D eigenvalue weighted by molar-refractivity contribution is 0.174. The van der Waals surface area contributed by atoms with Gasteiger partial charge in [0.05, 0.1) is 5.02 Å². The molecule has 1 atom stereocenters. The van der Waals surface area contributed by atoms with Crippen LogP contribution in [0.4, 0.5) is 4.39 Å². The van der Waals surface area contributed by atoms with Gasteiger partial charge in [-0.1, -0.05) is 31.5 Å². The summed E-state index contributed by atoms with van der Waals surface area (Å²) in [5.41, 5.74) is 6.81. The molecule has 1 unspecified atom stereocenters. The molecule has 0 heterocycles. The average molecular weight is 309 g/mol. The molecule has 110 valence electrons. The summed E-state index contributed by atoms with van der Waals surface area (Å²) in [6.45, 7) is 7.85. The molecule has 0 radical (unpaired) electrons. The third-order valence-electron chi connectivity index (χ3n) is 3.32. The van der Waals surface area contributed by atoms with Crippen LogP contribution in [-0.4, -0.2) is 25.0 Å². The lowest BCUT2D eigenvalue weighted by Crippen LogP contribution is -2.37. The number of nitrogens with zero attached hydrogens (tertiary/aromatic N) is 1. The van der Waals surface area contributed by atoms with Gasteiger partial charge in [-0.3, -0.25) is 4.90 Å². The quantitative estimate of drug-likeness (QED) is 0.894. The van der Waals surface area contributed by atoms with Crippen LogP contribution in [0.3, 0.4) is 0 Å². The third kappa shape index (κ3) is 5.27. The fourth-order valence-electron chi connectivity index (χ4n) is 1.90. The molecule has 1 aromatic carbocycles. The van der Waals surface area contributed by atoms with E-state index in [1.165, 1.54) is 6.07 Å². The van der Waals surface area contributed by atoms with Crippen molar-refractivity contribution in [2.24, 2.45) is 11.1 Å². The Balaban J connectivity index is 0.00000324. The fraction of sp³-hybridized carbons (Fsp3) is 0.571. The highest BCUT2D eigenvalue weighted by atomic mass is 35.5. The molecule has 5 heteroatoms. The average Bonchev–Trinajstić information content (AvgIpc) is 2.31. The zero-order chi connectivity index (χ0) is 13.9. The highest BCUT2D eigenvalue weighted by Crippen LogP contribution is 2.26. The minimum atomic E-state index is -0.377. The predicted molar refractivity (Wildman–Crippen MR) is 82.5 cm³/mol. The smallest absolute Gasteiger partial charge is 0.141 e. The molecule has 0 spiro atoms. The highest BCUT2D eigenvalue weighted by Gasteiger charge is 2.22. The molecular formula is C14H23Cl2FN2. The van der Waals surface area contributed by atoms with Gasteiger partial charge in [-0.2, -0.15) is 0 Å². The molecule has 0 aliphatic carbocycles. The summed E-state index contributed by atoms with van der Waals surface area (Å²) in [4.78, 5) is 2.20. The van der Waals surface area contributed by atoms with Crippen molar-refractivity contribution in [3.05, 3.63) is 34.6 Å². The predicted octanol–water partition coefficient (Wildman–Crippen LogP) is 3.88. The molecule has 1 aromatic rings. The molecule has 0 aliphatic heterocycles. The summed E-state index contributed by atoms with van der Waals surface area (Å²) < 4.78 is 13.1. The van der Waals surface area contributed by atoms with Crippen LogP contribution >= 0.6 is 24.0 Å². The summed E-state index contributed by atoms with van der Waals surface area (Å²) in [7, 11) is 2.04. The van der Waals surface area contributed by atoms with Crippen LogP contribution in [0.5, 0.6) is 0 Å². The topological polar surface area (TPSA) is 29.3 Å². The second kappa shape index (κ2) is 7.44. The molecule has 0 aromatic heterocycles. The second-order valence-electron chi connectivity index (χ2n) is 5.63. The van der Waals surface area contributed by atoms with Crippen LogP contribution in [0, 0.1) is 11.2 Å². The maximum Gasteiger partial charge on any atom is 0.141 e. The number of rotatable bonds is 5. The van der Waals surface area contributed by atoms with Crippen molar-refractivity contribution in [2.45, 2.75) is 26.8 Å². The van der Waals surface area contributed by atoms with Gasteiger partial charge in [0, 0.05) is 12.6 Å². The first-order valence-electron chi connectivity index (χ1n) is 6.12. The minimum absolute atomic E-state index is 0. The Hall–Kier alpha value is -0.350. The summed E-state index contributed by atoms with van der Waals surface area (Å²) in [6, 6.07) is 5.05. The van der Waals surface area contributed by atoms with Crippen molar-refractivity contribution >= 4 is 24.0 Å². The molecule has 0 bridgehead atoms. The normalized spacial score (nSPS) is 13.3. The zero-order valence-electron chi connectivity index (χ0n) is 11.9. The van der Waals surface area contributed by atoms with Crippen molar-refractivity contribution in [3.63, 3.8) is 0 Å². The Morgan fingerprint density at radius 1 is 1.42 bits per heavy atom. The van der Waals surface area contributed by atoms with Crippen molar-refractivity contribution in [3.8, 4) is 0 Å². The van der Waals surface area contributed by atoms with E-state index in [0.29, 0.717) is 6.54 Å². The van der Waals surface area contributed by atoms with Crippen LogP contribution in [0.25, 0.3) is 0 Å². The van der Waals surface area contributed by atoms with Gasteiger partial charge < -0.3 is 5.73 Å². The molecule has 1 rings (SSSR count). The SMILES string of the molecule is CC(c1ccc(F)c(Cl)c1)N(C)CC(C)(C)CN.Cl. The molecule has 19 heavy (non-hydrogen) atoms. The van der Waals surface area contributed by atoms with E-state index in [0.717, 1.165) is 12.1 Å². The number of hydrogen-bond donors (Lipinski definition) is 1. The number of hydrogen-bond acceptors (Lipinski definition) is 2. The van der Waals surface area contributed by atoms with Gasteiger partial charge in [0.25, 0.3) is 0 Å². The third-order valence-corrected chi connectivity index (χ3v) is 3.61. The molecule has 2 nitrogen and oxygen atoms in total. The number of benzene rings is 1. The van der Waals surface area contributed by atoms with E-state index in [2.05, 4.69) is 25.7 Å². The van der Waals surface area contributed by atoms with Gasteiger partial charge in [0.2, 0.25) is 0 Å². The largest absolute Gasteiger partial charge is 0.330 e. The Bertz CT molecular complexity index is 410. The Morgan fingerprint density at radius 2 is 2.00 bits per heavy atom. The monoisotopic (exact) mass is 308 g/mol. The van der Waals surface area contributed by atoms with E-state index >= 15 is 0 Å². The minimum Gasteiger partial charge on any atom is -0.330 e. The van der Waals surface area contributed by atoms with Gasteiger partial charge in [0.1, 0.15) is 5.82 Å². The van der Waals surface area contributed by atoms with Crippen LogP contribution in [0.2, 0.25) is 5.02 Å². The Labute approximate surface area is 126 Å². The lowest BCUT2D eigenvalue weighted by Gasteiger charge is -2.33. The molecule has 0 amide bonds. The Morgan fingerprint density at radius 3 is 2.47 bits per heavy atom. The molecule has 2 N–H and O–H groups in total. The first kappa shape index (κ1) is 18.7. The van der Waals surface area contributed by atoms with E-state index in [9.17, 15) is 4.39 Å². The van der Waals surface area contributed by atoms with Crippen LogP contribution in [0.1, 0.15) is 32.4 Å². The number of nitrogens with two attached hydrogens (primary N) is 1. The van der Waals surface area contributed by atoms with E-state index in [4.69, 9.17) is 17.3 Å². The van der Waals surface area contributed by atoms with Crippen LogP contribution in [0.15, 0.2) is 18.2 Å².